The van der Waals surface area contributed by atoms with E-state index in [0.29, 0.717) is 14.9 Å². The summed E-state index contributed by atoms with van der Waals surface area (Å²) in [4.78, 5) is 18.4. The summed E-state index contributed by atoms with van der Waals surface area (Å²) in [6.07, 6.45) is 5.08. The second-order valence-electron chi connectivity index (χ2n) is 4.28. The van der Waals surface area contributed by atoms with E-state index < -0.39 is 0 Å². The van der Waals surface area contributed by atoms with E-state index in [4.69, 9.17) is 12.2 Å². The normalized spacial score (nSPS) is 16.8. The molecule has 0 radical (unpaired) electrons. The Labute approximate surface area is 130 Å². The van der Waals surface area contributed by atoms with Crippen molar-refractivity contribution in [1.82, 2.24) is 4.98 Å². The monoisotopic (exact) mass is 316 g/mol. The second kappa shape index (κ2) is 5.75. The van der Waals surface area contributed by atoms with Gasteiger partial charge in [0, 0.05) is 12.4 Å². The van der Waals surface area contributed by atoms with Crippen LogP contribution in [0.2, 0.25) is 0 Å². The van der Waals surface area contributed by atoms with Gasteiger partial charge in [0.1, 0.15) is 5.82 Å². The predicted octanol–water partition coefficient (Wildman–Crippen LogP) is 3.63. The number of thiocarbonyl (C=S) groups is 1. The molecule has 3 rings (SSSR count). The van der Waals surface area contributed by atoms with Gasteiger partial charge in [0.25, 0.3) is 5.91 Å². The van der Waals surface area contributed by atoms with Crippen LogP contribution in [-0.4, -0.2) is 15.2 Å². The summed E-state index contributed by atoms with van der Waals surface area (Å²) in [5.41, 5.74) is 1.39. The molecule has 0 bridgehead atoms. The number of anilines is 1. The molecule has 1 fully saturated rings. The van der Waals surface area contributed by atoms with Gasteiger partial charge in [-0.3, -0.25) is 14.7 Å². The van der Waals surface area contributed by atoms with Gasteiger partial charge in [-0.2, -0.15) is 0 Å². The molecule has 0 N–H and O–H groups in total. The molecule has 1 aromatic carbocycles. The average molecular weight is 316 g/mol. The molecule has 0 spiro atoms. The Morgan fingerprint density at radius 1 is 1.24 bits per heavy atom. The minimum Gasteiger partial charge on any atom is -0.268 e. The van der Waals surface area contributed by atoms with E-state index >= 15 is 0 Å². The number of pyridine rings is 1. The Morgan fingerprint density at radius 3 is 2.67 bits per heavy atom. The number of nitrogens with zero attached hydrogens (tertiary/aromatic N) is 2. The fourth-order valence-electron chi connectivity index (χ4n) is 1.89. The van der Waals surface area contributed by atoms with Crippen molar-refractivity contribution in [2.45, 2.75) is 0 Å². The van der Waals surface area contributed by atoms with Crippen LogP contribution in [-0.2, 0) is 4.79 Å². The van der Waals surface area contributed by atoms with E-state index in [-0.39, 0.29) is 11.7 Å². The van der Waals surface area contributed by atoms with Crippen LogP contribution >= 0.6 is 24.0 Å². The molecule has 0 aliphatic carbocycles. The minimum atomic E-state index is -0.352. The number of benzene rings is 1. The standard InChI is InChI=1S/C15H9FN2OS2/c16-11-3-5-12(6-4-11)18-14(19)13(21-15(18)20)8-10-2-1-7-17-9-10/h1-9H/b13-8-. The van der Waals surface area contributed by atoms with Crippen LogP contribution in [0.5, 0.6) is 0 Å². The topological polar surface area (TPSA) is 33.2 Å². The number of hydrogen-bond acceptors (Lipinski definition) is 4. The third-order valence-electron chi connectivity index (χ3n) is 2.86. The van der Waals surface area contributed by atoms with Crippen molar-refractivity contribution in [2.75, 3.05) is 4.90 Å². The zero-order valence-electron chi connectivity index (χ0n) is 10.7. The van der Waals surface area contributed by atoms with Gasteiger partial charge < -0.3 is 0 Å². The lowest BCUT2D eigenvalue weighted by Crippen LogP contribution is -2.27. The first-order valence-electron chi connectivity index (χ1n) is 6.09. The number of aromatic nitrogens is 1. The summed E-state index contributed by atoms with van der Waals surface area (Å²) in [7, 11) is 0. The number of rotatable bonds is 2. The molecule has 6 heteroatoms. The maximum absolute atomic E-state index is 13.0. The number of thioether (sulfide) groups is 1. The molecule has 2 heterocycles. The Balaban J connectivity index is 1.92. The fourth-order valence-corrected chi connectivity index (χ4v) is 3.19. The van der Waals surface area contributed by atoms with Crippen molar-refractivity contribution in [1.29, 1.82) is 0 Å². The van der Waals surface area contributed by atoms with Crippen LogP contribution in [0.25, 0.3) is 6.08 Å². The molecular weight excluding hydrogens is 307 g/mol. The number of hydrogen-bond donors (Lipinski definition) is 0. The summed E-state index contributed by atoms with van der Waals surface area (Å²) >= 11 is 6.47. The highest BCUT2D eigenvalue weighted by Gasteiger charge is 2.33. The molecular formula is C15H9FN2OS2. The second-order valence-corrected chi connectivity index (χ2v) is 5.96. The molecule has 21 heavy (non-hydrogen) atoms. The Hall–Kier alpha value is -2.05. The summed E-state index contributed by atoms with van der Waals surface area (Å²) in [5, 5.41) is 0. The third-order valence-corrected chi connectivity index (χ3v) is 4.16. The van der Waals surface area contributed by atoms with Crippen LogP contribution in [0.15, 0.2) is 53.7 Å². The van der Waals surface area contributed by atoms with Crippen LogP contribution in [0.1, 0.15) is 5.56 Å². The van der Waals surface area contributed by atoms with Gasteiger partial charge in [-0.25, -0.2) is 4.39 Å². The zero-order valence-corrected chi connectivity index (χ0v) is 12.3. The molecule has 1 saturated heterocycles. The van der Waals surface area contributed by atoms with Gasteiger partial charge in [0.15, 0.2) is 4.32 Å². The average Bonchev–Trinajstić information content (AvgIpc) is 2.76. The van der Waals surface area contributed by atoms with E-state index in [2.05, 4.69) is 4.98 Å². The Kier molecular flexibility index (Phi) is 3.81. The van der Waals surface area contributed by atoms with Gasteiger partial charge in [0.05, 0.1) is 10.6 Å². The maximum Gasteiger partial charge on any atom is 0.270 e. The summed E-state index contributed by atoms with van der Waals surface area (Å²) < 4.78 is 13.4. The van der Waals surface area contributed by atoms with E-state index in [1.54, 1.807) is 24.5 Å². The highest BCUT2D eigenvalue weighted by Crippen LogP contribution is 2.35. The molecule has 1 aliphatic heterocycles. The van der Waals surface area contributed by atoms with Crippen LogP contribution in [0.3, 0.4) is 0 Å². The Morgan fingerprint density at radius 2 is 2.00 bits per heavy atom. The van der Waals surface area contributed by atoms with E-state index in [1.807, 2.05) is 6.07 Å². The van der Waals surface area contributed by atoms with E-state index in [9.17, 15) is 9.18 Å². The van der Waals surface area contributed by atoms with Crippen LogP contribution in [0.4, 0.5) is 10.1 Å². The number of amides is 1. The van der Waals surface area contributed by atoms with E-state index in [1.165, 1.54) is 40.9 Å². The lowest BCUT2D eigenvalue weighted by molar-refractivity contribution is -0.113. The first kappa shape index (κ1) is 13.9. The van der Waals surface area contributed by atoms with E-state index in [0.717, 1.165) is 5.56 Å². The van der Waals surface area contributed by atoms with Gasteiger partial charge in [0.2, 0.25) is 0 Å². The molecule has 2 aromatic rings. The van der Waals surface area contributed by atoms with Crippen LogP contribution < -0.4 is 4.90 Å². The predicted molar refractivity (Wildman–Crippen MR) is 86.3 cm³/mol. The van der Waals surface area contributed by atoms with Gasteiger partial charge in [-0.1, -0.05) is 30.0 Å². The smallest absolute Gasteiger partial charge is 0.268 e. The van der Waals surface area contributed by atoms with Crippen molar-refractivity contribution >= 4 is 46.0 Å². The van der Waals surface area contributed by atoms with Gasteiger partial charge in [-0.05, 0) is 42.0 Å². The summed E-state index contributed by atoms with van der Waals surface area (Å²) in [5.74, 6) is -0.560. The maximum atomic E-state index is 13.0. The summed E-state index contributed by atoms with van der Waals surface area (Å²) in [6.45, 7) is 0. The SMILES string of the molecule is O=C1/C(=C/c2cccnc2)SC(=S)N1c1ccc(F)cc1. The molecule has 3 nitrogen and oxygen atoms in total. The lowest BCUT2D eigenvalue weighted by Gasteiger charge is -2.14. The lowest BCUT2D eigenvalue weighted by atomic mass is 10.2. The number of halogens is 1. The highest BCUT2D eigenvalue weighted by atomic mass is 32.2. The van der Waals surface area contributed by atoms with Gasteiger partial charge in [-0.15, -0.1) is 0 Å². The van der Waals surface area contributed by atoms with Crippen molar-refractivity contribution in [3.63, 3.8) is 0 Å². The third kappa shape index (κ3) is 2.86. The number of carbonyl (C=O) groups is 1. The zero-order chi connectivity index (χ0) is 14.8. The van der Waals surface area contributed by atoms with Crippen molar-refractivity contribution in [3.05, 3.63) is 65.1 Å². The molecule has 0 unspecified atom stereocenters. The number of carbonyl (C=O) groups excluding carboxylic acids is 1. The van der Waals surface area contributed by atoms with Crippen molar-refractivity contribution in [2.24, 2.45) is 0 Å². The first-order chi connectivity index (χ1) is 10.1. The first-order valence-corrected chi connectivity index (χ1v) is 7.31. The molecule has 1 aliphatic rings. The fraction of sp³-hybridized carbons (Fsp3) is 0. The van der Waals surface area contributed by atoms with Gasteiger partial charge >= 0.3 is 0 Å². The van der Waals surface area contributed by atoms with Crippen LogP contribution in [0, 0.1) is 5.82 Å². The highest BCUT2D eigenvalue weighted by molar-refractivity contribution is 8.27. The van der Waals surface area contributed by atoms with Crippen molar-refractivity contribution in [3.8, 4) is 0 Å². The molecule has 0 atom stereocenters. The van der Waals surface area contributed by atoms with Crippen molar-refractivity contribution < 1.29 is 9.18 Å². The largest absolute Gasteiger partial charge is 0.270 e. The Bertz CT molecular complexity index is 729. The molecule has 1 amide bonds. The molecule has 0 saturated carbocycles. The molecule has 1 aromatic heterocycles. The minimum absolute atomic E-state index is 0.208. The quantitative estimate of drug-likeness (QED) is 0.626. The molecule has 104 valence electrons. The summed E-state index contributed by atoms with van der Waals surface area (Å²) in [6, 6.07) is 9.33.